The predicted octanol–water partition coefficient (Wildman–Crippen LogP) is 7.51. The first-order valence-corrected chi connectivity index (χ1v) is 11.9. The van der Waals surface area contributed by atoms with Crippen molar-refractivity contribution in [1.82, 2.24) is 19.9 Å². The van der Waals surface area contributed by atoms with Crippen LogP contribution in [0.4, 0.5) is 5.82 Å². The van der Waals surface area contributed by atoms with Crippen LogP contribution in [0.1, 0.15) is 5.69 Å². The fourth-order valence-corrected chi connectivity index (χ4v) is 4.53. The molecule has 4 heterocycles. The first kappa shape index (κ1) is 22.7. The second-order valence-electron chi connectivity index (χ2n) is 8.58. The second kappa shape index (κ2) is 9.73. The lowest BCUT2D eigenvalue weighted by molar-refractivity contribution is 1.25. The van der Waals surface area contributed by atoms with Crippen molar-refractivity contribution in [2.45, 2.75) is 0 Å². The zero-order valence-corrected chi connectivity index (χ0v) is 20.1. The molecule has 0 amide bonds. The van der Waals surface area contributed by atoms with Crippen LogP contribution in [0.3, 0.4) is 0 Å². The van der Waals surface area contributed by atoms with Gasteiger partial charge < -0.3 is 4.85 Å². The number of benzene rings is 2. The van der Waals surface area contributed by atoms with Gasteiger partial charge in [-0.15, -0.1) is 4.98 Å². The van der Waals surface area contributed by atoms with E-state index < -0.39 is 0 Å². The minimum Gasteiger partial charge on any atom is -0.361 e. The molecule has 0 aliphatic carbocycles. The molecule has 4 aromatic heterocycles. The zero-order chi connectivity index (χ0) is 25.9. The van der Waals surface area contributed by atoms with Crippen molar-refractivity contribution < 1.29 is 0 Å². The van der Waals surface area contributed by atoms with Crippen molar-refractivity contribution in [3.05, 3.63) is 127 Å². The Morgan fingerprint density at radius 1 is 0.605 bits per heavy atom. The maximum Gasteiger partial charge on any atom is 0.270 e. The normalized spacial score (nSPS) is 10.6. The zero-order valence-electron chi connectivity index (χ0n) is 20.1. The molecule has 6 nitrogen and oxygen atoms in total. The van der Waals surface area contributed by atoms with Gasteiger partial charge in [-0.2, -0.15) is 5.26 Å². The highest BCUT2D eigenvalue weighted by molar-refractivity contribution is 6.04. The summed E-state index contributed by atoms with van der Waals surface area (Å²) in [5.74, 6) is 0.342. The largest absolute Gasteiger partial charge is 0.361 e. The second-order valence-corrected chi connectivity index (χ2v) is 8.58. The first-order valence-electron chi connectivity index (χ1n) is 11.9. The monoisotopic (exact) mass is 486 g/mol. The maximum atomic E-state index is 9.23. The molecule has 6 heteroatoms. The quantitative estimate of drug-likeness (QED) is 0.241. The molecular weight excluding hydrogens is 468 g/mol. The fourth-order valence-electron chi connectivity index (χ4n) is 4.53. The topological polar surface area (TPSA) is 79.7 Å². The van der Waals surface area contributed by atoms with Crippen LogP contribution in [0.5, 0.6) is 0 Å². The molecule has 6 aromatic rings. The fraction of sp³-hybridized carbons (Fsp3) is 0. The number of nitrogens with zero attached hydrogens (tertiary/aromatic N) is 6. The number of aromatic nitrogens is 4. The van der Waals surface area contributed by atoms with E-state index in [0.29, 0.717) is 11.5 Å². The minimum atomic E-state index is 0.342. The molecule has 0 saturated carbocycles. The molecule has 0 atom stereocenters. The van der Waals surface area contributed by atoms with Gasteiger partial charge in [0.1, 0.15) is 18.0 Å². The molecule has 0 radical (unpaired) electrons. The standard InChI is InChI=1S/C32H18N6/c1-34-32-19-22(15-17-36-32)29-9-5-11-31(38-29)27-13-12-26(24-6-2-3-7-25(24)27)30-10-4-8-28(37-30)21-14-16-35-23(18-21)20-33/h2-19H. The Kier molecular flexibility index (Phi) is 5.82. The van der Waals surface area contributed by atoms with Gasteiger partial charge >= 0.3 is 0 Å². The van der Waals surface area contributed by atoms with E-state index in [1.165, 1.54) is 0 Å². The van der Waals surface area contributed by atoms with E-state index >= 15 is 0 Å². The molecule has 0 fully saturated rings. The molecule has 0 spiro atoms. The van der Waals surface area contributed by atoms with Gasteiger partial charge in [0.2, 0.25) is 0 Å². The summed E-state index contributed by atoms with van der Waals surface area (Å²) >= 11 is 0. The molecule has 0 bridgehead atoms. The third kappa shape index (κ3) is 4.24. The molecule has 0 N–H and O–H groups in total. The summed E-state index contributed by atoms with van der Waals surface area (Å²) < 4.78 is 0. The third-order valence-corrected chi connectivity index (χ3v) is 6.30. The van der Waals surface area contributed by atoms with Gasteiger partial charge in [-0.3, -0.25) is 0 Å². The maximum absolute atomic E-state index is 9.23. The van der Waals surface area contributed by atoms with Crippen molar-refractivity contribution in [1.29, 1.82) is 5.26 Å². The number of hydrogen-bond acceptors (Lipinski definition) is 5. The Labute approximate surface area is 219 Å². The average Bonchev–Trinajstić information content (AvgIpc) is 3.00. The number of fused-ring (bicyclic) bond motifs is 1. The lowest BCUT2D eigenvalue weighted by atomic mass is 9.95. The van der Waals surface area contributed by atoms with Crippen LogP contribution in [0.25, 0.3) is 60.6 Å². The Morgan fingerprint density at radius 2 is 1.16 bits per heavy atom. The average molecular weight is 487 g/mol. The minimum absolute atomic E-state index is 0.342. The van der Waals surface area contributed by atoms with Crippen LogP contribution >= 0.6 is 0 Å². The van der Waals surface area contributed by atoms with Crippen LogP contribution < -0.4 is 0 Å². The Morgan fingerprint density at radius 3 is 1.74 bits per heavy atom. The summed E-state index contributed by atoms with van der Waals surface area (Å²) in [4.78, 5) is 21.4. The van der Waals surface area contributed by atoms with Gasteiger partial charge in [0.15, 0.2) is 0 Å². The van der Waals surface area contributed by atoms with Crippen molar-refractivity contribution >= 4 is 16.6 Å². The summed E-state index contributed by atoms with van der Waals surface area (Å²) in [6, 6.07) is 33.5. The van der Waals surface area contributed by atoms with Crippen molar-refractivity contribution in [2.24, 2.45) is 0 Å². The summed E-state index contributed by atoms with van der Waals surface area (Å²) in [5.41, 5.74) is 7.31. The van der Waals surface area contributed by atoms with Crippen molar-refractivity contribution in [3.63, 3.8) is 0 Å². The predicted molar refractivity (Wildman–Crippen MR) is 148 cm³/mol. The van der Waals surface area contributed by atoms with Crippen molar-refractivity contribution in [2.75, 3.05) is 0 Å². The Balaban J connectivity index is 1.46. The van der Waals surface area contributed by atoms with Gasteiger partial charge in [-0.1, -0.05) is 55.1 Å². The summed E-state index contributed by atoms with van der Waals surface area (Å²) in [6.45, 7) is 7.26. The van der Waals surface area contributed by atoms with Crippen LogP contribution in [0.2, 0.25) is 0 Å². The lowest BCUT2D eigenvalue weighted by Gasteiger charge is -2.13. The van der Waals surface area contributed by atoms with E-state index in [1.807, 2.05) is 60.7 Å². The van der Waals surface area contributed by atoms with Crippen LogP contribution in [0.15, 0.2) is 109 Å². The molecule has 0 aliphatic heterocycles. The van der Waals surface area contributed by atoms with E-state index in [9.17, 15) is 5.26 Å². The molecule has 2 aromatic carbocycles. The number of nitriles is 1. The smallest absolute Gasteiger partial charge is 0.270 e. The van der Waals surface area contributed by atoms with E-state index in [2.05, 4.69) is 45.1 Å². The molecule has 38 heavy (non-hydrogen) atoms. The molecule has 0 saturated heterocycles. The van der Waals surface area contributed by atoms with Gasteiger partial charge in [-0.05, 0) is 64.9 Å². The summed E-state index contributed by atoms with van der Waals surface area (Å²) in [5, 5.41) is 11.4. The highest BCUT2D eigenvalue weighted by Gasteiger charge is 2.13. The molecule has 176 valence electrons. The highest BCUT2D eigenvalue weighted by Crippen LogP contribution is 2.36. The third-order valence-electron chi connectivity index (χ3n) is 6.30. The van der Waals surface area contributed by atoms with Gasteiger partial charge in [0.05, 0.1) is 22.8 Å². The van der Waals surface area contributed by atoms with Gasteiger partial charge in [-0.25, -0.2) is 15.0 Å². The van der Waals surface area contributed by atoms with Gasteiger partial charge in [0.25, 0.3) is 5.82 Å². The van der Waals surface area contributed by atoms with Crippen LogP contribution in [-0.2, 0) is 0 Å². The molecule has 0 unspecified atom stereocenters. The van der Waals surface area contributed by atoms with Crippen LogP contribution in [-0.4, -0.2) is 19.9 Å². The van der Waals surface area contributed by atoms with E-state index in [-0.39, 0.29) is 0 Å². The Hall–Kier alpha value is -5.72. The number of hydrogen-bond donors (Lipinski definition) is 0. The summed E-state index contributed by atoms with van der Waals surface area (Å²) in [6.07, 6.45) is 3.26. The lowest BCUT2D eigenvalue weighted by Crippen LogP contribution is -1.93. The molecule has 6 rings (SSSR count). The van der Waals surface area contributed by atoms with Crippen molar-refractivity contribution in [3.8, 4) is 51.1 Å². The van der Waals surface area contributed by atoms with E-state index in [1.54, 1.807) is 24.5 Å². The molecule has 0 aliphatic rings. The SMILES string of the molecule is [C-]#[N+]c1cc(-c2cccc(-c3ccc(-c4cccc(-c5ccnc(C#N)c5)n4)c4ccccc34)n2)ccn1. The first-order chi connectivity index (χ1) is 18.7. The number of pyridine rings is 4. The van der Waals surface area contributed by atoms with Crippen LogP contribution in [0, 0.1) is 17.9 Å². The number of rotatable bonds is 4. The molecular formula is C32H18N6. The Bertz CT molecular complexity index is 1770. The van der Waals surface area contributed by atoms with Gasteiger partial charge in [0, 0.05) is 22.9 Å². The van der Waals surface area contributed by atoms with E-state index in [4.69, 9.17) is 16.5 Å². The van der Waals surface area contributed by atoms with E-state index in [0.717, 1.165) is 55.8 Å². The summed E-state index contributed by atoms with van der Waals surface area (Å²) in [7, 11) is 0. The highest BCUT2D eigenvalue weighted by atomic mass is 14.9.